The van der Waals surface area contributed by atoms with Crippen molar-refractivity contribution in [1.82, 2.24) is 19.2 Å². The molecule has 6 nitrogen and oxygen atoms in total. The molecule has 4 rings (SSSR count). The summed E-state index contributed by atoms with van der Waals surface area (Å²) in [5, 5.41) is 2.84. The van der Waals surface area contributed by atoms with Crippen LogP contribution in [-0.2, 0) is 17.8 Å². The van der Waals surface area contributed by atoms with Gasteiger partial charge in [-0.05, 0) is 54.2 Å². The first-order valence-corrected chi connectivity index (χ1v) is 10.3. The van der Waals surface area contributed by atoms with Crippen molar-refractivity contribution in [2.24, 2.45) is 0 Å². The maximum atomic E-state index is 13.2. The normalized spacial score (nSPS) is 11.0. The van der Waals surface area contributed by atoms with Gasteiger partial charge < -0.3 is 5.32 Å². The molecule has 0 unspecified atom stereocenters. The average Bonchev–Trinajstić information content (AvgIpc) is 3.19. The fourth-order valence-electron chi connectivity index (χ4n) is 3.14. The third kappa shape index (κ3) is 4.44. The van der Waals surface area contributed by atoms with E-state index in [1.54, 1.807) is 12.1 Å². The van der Waals surface area contributed by atoms with Gasteiger partial charge in [0.2, 0.25) is 5.91 Å². The molecule has 0 saturated heterocycles. The SMILES string of the molecule is O=C(Cn1cnc2c(-c3ccc(F)cc3)nsc2c1=O)NCCCc1ccccc1. The van der Waals surface area contributed by atoms with Crippen LogP contribution in [0.1, 0.15) is 12.0 Å². The molecule has 4 aromatic rings. The maximum Gasteiger partial charge on any atom is 0.273 e. The second kappa shape index (κ2) is 8.96. The molecule has 0 spiro atoms. The molecular weight excluding hydrogens is 403 g/mol. The maximum absolute atomic E-state index is 13.2. The molecule has 0 fully saturated rings. The van der Waals surface area contributed by atoms with E-state index in [-0.39, 0.29) is 23.8 Å². The van der Waals surface area contributed by atoms with Crippen molar-refractivity contribution in [3.05, 3.63) is 82.7 Å². The smallest absolute Gasteiger partial charge is 0.273 e. The van der Waals surface area contributed by atoms with Crippen LogP contribution in [0.4, 0.5) is 4.39 Å². The largest absolute Gasteiger partial charge is 0.355 e. The Hall–Kier alpha value is -3.39. The van der Waals surface area contributed by atoms with Crippen LogP contribution in [0, 0.1) is 5.82 Å². The summed E-state index contributed by atoms with van der Waals surface area (Å²) in [4.78, 5) is 29.3. The minimum absolute atomic E-state index is 0.100. The lowest BCUT2D eigenvalue weighted by Gasteiger charge is -2.07. The summed E-state index contributed by atoms with van der Waals surface area (Å²) in [5.41, 5.74) is 2.58. The number of aryl methyl sites for hydroxylation is 1. The molecule has 0 aliphatic heterocycles. The van der Waals surface area contributed by atoms with Gasteiger partial charge in [0.15, 0.2) is 0 Å². The standard InChI is InChI=1S/C22H19FN4O2S/c23-17-10-8-16(9-11-17)19-20-21(30-26-19)22(29)27(14-25-20)13-18(28)24-12-4-7-15-5-2-1-3-6-15/h1-3,5-6,8-11,14H,4,7,12-13H2,(H,24,28). The Balaban J connectivity index is 1.41. The fourth-order valence-corrected chi connectivity index (χ4v) is 3.95. The predicted octanol–water partition coefficient (Wildman–Crippen LogP) is 3.41. The van der Waals surface area contributed by atoms with Crippen LogP contribution in [-0.4, -0.2) is 26.4 Å². The van der Waals surface area contributed by atoms with Crippen LogP contribution >= 0.6 is 11.5 Å². The number of carbonyl (C=O) groups is 1. The van der Waals surface area contributed by atoms with Crippen LogP contribution in [0.5, 0.6) is 0 Å². The van der Waals surface area contributed by atoms with Gasteiger partial charge in [0.05, 0.1) is 6.33 Å². The number of nitrogens with one attached hydrogen (secondary N) is 1. The monoisotopic (exact) mass is 422 g/mol. The Kier molecular flexibility index (Phi) is 5.94. The molecule has 0 bridgehead atoms. The number of amides is 1. The summed E-state index contributed by atoms with van der Waals surface area (Å²) < 4.78 is 19.1. The molecule has 8 heteroatoms. The third-order valence-electron chi connectivity index (χ3n) is 4.69. The van der Waals surface area contributed by atoms with E-state index in [0.717, 1.165) is 24.4 Å². The molecule has 30 heavy (non-hydrogen) atoms. The average molecular weight is 422 g/mol. The Morgan fingerprint density at radius 1 is 1.10 bits per heavy atom. The zero-order valence-corrected chi connectivity index (χ0v) is 16.9. The Bertz CT molecular complexity index is 1220. The van der Waals surface area contributed by atoms with Crippen LogP contribution in [0.2, 0.25) is 0 Å². The van der Waals surface area contributed by atoms with Gasteiger partial charge in [0.1, 0.15) is 28.3 Å². The van der Waals surface area contributed by atoms with E-state index >= 15 is 0 Å². The number of halogens is 1. The van der Waals surface area contributed by atoms with E-state index < -0.39 is 0 Å². The van der Waals surface area contributed by atoms with Crippen LogP contribution in [0.15, 0.2) is 65.7 Å². The number of hydrogen-bond acceptors (Lipinski definition) is 5. The second-order valence-electron chi connectivity index (χ2n) is 6.83. The van der Waals surface area contributed by atoms with Gasteiger partial charge in [-0.15, -0.1) is 0 Å². The Morgan fingerprint density at radius 3 is 2.63 bits per heavy atom. The van der Waals surface area contributed by atoms with Gasteiger partial charge in [-0.1, -0.05) is 30.3 Å². The number of fused-ring (bicyclic) bond motifs is 1. The minimum Gasteiger partial charge on any atom is -0.355 e. The molecule has 2 aromatic heterocycles. The van der Waals surface area contributed by atoms with E-state index in [1.165, 1.54) is 28.6 Å². The van der Waals surface area contributed by atoms with Crippen molar-refractivity contribution >= 4 is 27.7 Å². The molecule has 0 aliphatic rings. The number of aromatic nitrogens is 3. The van der Waals surface area contributed by atoms with E-state index in [1.807, 2.05) is 18.2 Å². The number of rotatable bonds is 7. The molecule has 1 amide bonds. The van der Waals surface area contributed by atoms with Gasteiger partial charge in [0, 0.05) is 12.1 Å². The van der Waals surface area contributed by atoms with E-state index in [2.05, 4.69) is 26.8 Å². The van der Waals surface area contributed by atoms with E-state index in [0.29, 0.717) is 28.0 Å². The highest BCUT2D eigenvalue weighted by Gasteiger charge is 2.15. The molecule has 0 radical (unpaired) electrons. The first kappa shape index (κ1) is 19.9. The first-order chi connectivity index (χ1) is 14.6. The molecule has 2 aromatic carbocycles. The van der Waals surface area contributed by atoms with Gasteiger partial charge >= 0.3 is 0 Å². The molecular formula is C22H19FN4O2S. The van der Waals surface area contributed by atoms with Gasteiger partial charge in [-0.25, -0.2) is 9.37 Å². The summed E-state index contributed by atoms with van der Waals surface area (Å²) in [6.45, 7) is 0.435. The van der Waals surface area contributed by atoms with Crippen LogP contribution in [0.25, 0.3) is 21.5 Å². The summed E-state index contributed by atoms with van der Waals surface area (Å²) >= 11 is 1.03. The summed E-state index contributed by atoms with van der Waals surface area (Å²) in [5.74, 6) is -0.585. The van der Waals surface area contributed by atoms with Crippen molar-refractivity contribution in [2.75, 3.05) is 6.54 Å². The number of nitrogens with zero attached hydrogens (tertiary/aromatic N) is 3. The first-order valence-electron chi connectivity index (χ1n) is 9.53. The van der Waals surface area contributed by atoms with Crippen LogP contribution in [0.3, 0.4) is 0 Å². The highest BCUT2D eigenvalue weighted by Crippen LogP contribution is 2.27. The van der Waals surface area contributed by atoms with Crippen LogP contribution < -0.4 is 10.9 Å². The Labute approximate surface area is 176 Å². The molecule has 1 N–H and O–H groups in total. The van der Waals surface area contributed by atoms with Gasteiger partial charge in [-0.2, -0.15) is 4.37 Å². The zero-order valence-electron chi connectivity index (χ0n) is 16.0. The lowest BCUT2D eigenvalue weighted by atomic mass is 10.1. The van der Waals surface area contributed by atoms with Crippen molar-refractivity contribution < 1.29 is 9.18 Å². The van der Waals surface area contributed by atoms with Crippen molar-refractivity contribution in [3.63, 3.8) is 0 Å². The summed E-state index contributed by atoms with van der Waals surface area (Å²) in [6.07, 6.45) is 3.05. The minimum atomic E-state index is -0.344. The summed E-state index contributed by atoms with van der Waals surface area (Å²) in [7, 11) is 0. The number of carbonyl (C=O) groups excluding carboxylic acids is 1. The highest BCUT2D eigenvalue weighted by atomic mass is 32.1. The quantitative estimate of drug-likeness (QED) is 0.463. The predicted molar refractivity (Wildman–Crippen MR) is 115 cm³/mol. The molecule has 0 aliphatic carbocycles. The highest BCUT2D eigenvalue weighted by molar-refractivity contribution is 7.13. The molecule has 152 valence electrons. The Morgan fingerprint density at radius 2 is 1.87 bits per heavy atom. The fraction of sp³-hybridized carbons (Fsp3) is 0.182. The molecule has 0 saturated carbocycles. The third-order valence-corrected chi connectivity index (χ3v) is 5.51. The lowest BCUT2D eigenvalue weighted by Crippen LogP contribution is -2.32. The van der Waals surface area contributed by atoms with Crippen molar-refractivity contribution in [3.8, 4) is 11.3 Å². The topological polar surface area (TPSA) is 76.9 Å². The van der Waals surface area contributed by atoms with Gasteiger partial charge in [0.25, 0.3) is 5.56 Å². The van der Waals surface area contributed by atoms with E-state index in [4.69, 9.17) is 0 Å². The number of benzene rings is 2. The molecule has 2 heterocycles. The second-order valence-corrected chi connectivity index (χ2v) is 7.61. The lowest BCUT2D eigenvalue weighted by molar-refractivity contribution is -0.121. The van der Waals surface area contributed by atoms with Gasteiger partial charge in [-0.3, -0.25) is 14.2 Å². The summed E-state index contributed by atoms with van der Waals surface area (Å²) in [6, 6.07) is 15.9. The number of hydrogen-bond donors (Lipinski definition) is 1. The van der Waals surface area contributed by atoms with E-state index in [9.17, 15) is 14.0 Å². The van der Waals surface area contributed by atoms with Crippen molar-refractivity contribution in [1.29, 1.82) is 0 Å². The zero-order chi connectivity index (χ0) is 20.9. The molecule has 0 atom stereocenters. The van der Waals surface area contributed by atoms with Crippen molar-refractivity contribution in [2.45, 2.75) is 19.4 Å².